The number of amides is 1. The van der Waals surface area contributed by atoms with Gasteiger partial charge in [-0.2, -0.15) is 4.68 Å². The summed E-state index contributed by atoms with van der Waals surface area (Å²) in [6.45, 7) is 0.452. The maximum absolute atomic E-state index is 12.5. The van der Waals surface area contributed by atoms with E-state index in [1.807, 2.05) is 42.5 Å². The fourth-order valence-corrected chi connectivity index (χ4v) is 2.36. The van der Waals surface area contributed by atoms with Gasteiger partial charge in [-0.15, -0.1) is 5.10 Å². The molecule has 1 amide bonds. The number of hydrogen-bond donors (Lipinski definition) is 0. The van der Waals surface area contributed by atoms with E-state index in [0.29, 0.717) is 22.6 Å². The number of benzene rings is 2. The standard InChI is InChI=1S/C15H13ClN4O/c1-19(10-11-5-4-6-12(16)9-11)15(21)20-14-8-3-2-7-13(14)17-18-20/h2-9H,10H2,1H3. The van der Waals surface area contributed by atoms with E-state index >= 15 is 0 Å². The van der Waals surface area contributed by atoms with E-state index < -0.39 is 0 Å². The topological polar surface area (TPSA) is 51.0 Å². The molecule has 106 valence electrons. The lowest BCUT2D eigenvalue weighted by Crippen LogP contribution is -2.31. The second-order valence-corrected chi connectivity index (χ2v) is 5.19. The highest BCUT2D eigenvalue weighted by atomic mass is 35.5. The molecule has 0 aliphatic heterocycles. The Morgan fingerprint density at radius 1 is 1.24 bits per heavy atom. The normalized spacial score (nSPS) is 10.8. The molecule has 0 bridgehead atoms. The fraction of sp³-hybridized carbons (Fsp3) is 0.133. The number of carbonyl (C=O) groups is 1. The SMILES string of the molecule is CN(Cc1cccc(Cl)c1)C(=O)n1nnc2ccccc21. The van der Waals surface area contributed by atoms with Gasteiger partial charge in [-0.1, -0.05) is 41.1 Å². The number of hydrogen-bond acceptors (Lipinski definition) is 3. The summed E-state index contributed by atoms with van der Waals surface area (Å²) in [5.41, 5.74) is 2.35. The summed E-state index contributed by atoms with van der Waals surface area (Å²) < 4.78 is 1.31. The van der Waals surface area contributed by atoms with Crippen LogP contribution in [0.2, 0.25) is 5.02 Å². The van der Waals surface area contributed by atoms with Gasteiger partial charge in [-0.05, 0) is 29.8 Å². The molecule has 1 heterocycles. The zero-order valence-electron chi connectivity index (χ0n) is 11.4. The third-order valence-corrected chi connectivity index (χ3v) is 3.40. The fourth-order valence-electron chi connectivity index (χ4n) is 2.15. The summed E-state index contributed by atoms with van der Waals surface area (Å²) >= 11 is 5.95. The molecule has 0 aliphatic rings. The van der Waals surface area contributed by atoms with Crippen LogP contribution in [0.4, 0.5) is 4.79 Å². The lowest BCUT2D eigenvalue weighted by atomic mass is 10.2. The Morgan fingerprint density at radius 2 is 2.05 bits per heavy atom. The van der Waals surface area contributed by atoms with Gasteiger partial charge in [0.05, 0.1) is 5.52 Å². The molecule has 21 heavy (non-hydrogen) atoms. The number of carbonyl (C=O) groups excluding carboxylic acids is 1. The number of halogens is 1. The Bertz CT molecular complexity index is 799. The summed E-state index contributed by atoms with van der Waals surface area (Å²) in [5, 5.41) is 8.56. The highest BCUT2D eigenvalue weighted by molar-refractivity contribution is 6.30. The van der Waals surface area contributed by atoms with E-state index in [1.165, 1.54) is 4.68 Å². The van der Waals surface area contributed by atoms with Gasteiger partial charge in [0.15, 0.2) is 0 Å². The molecule has 1 aromatic heterocycles. The first-order valence-corrected chi connectivity index (χ1v) is 6.83. The van der Waals surface area contributed by atoms with E-state index in [4.69, 9.17) is 11.6 Å². The van der Waals surface area contributed by atoms with Gasteiger partial charge >= 0.3 is 6.03 Å². The van der Waals surface area contributed by atoms with E-state index in [2.05, 4.69) is 10.3 Å². The number of nitrogens with zero attached hydrogens (tertiary/aromatic N) is 4. The quantitative estimate of drug-likeness (QED) is 0.730. The third-order valence-electron chi connectivity index (χ3n) is 3.17. The maximum atomic E-state index is 12.5. The largest absolute Gasteiger partial charge is 0.346 e. The van der Waals surface area contributed by atoms with Gasteiger partial charge < -0.3 is 4.90 Å². The predicted octanol–water partition coefficient (Wildman–Crippen LogP) is 3.18. The monoisotopic (exact) mass is 300 g/mol. The van der Waals surface area contributed by atoms with Crippen LogP contribution in [-0.2, 0) is 6.54 Å². The van der Waals surface area contributed by atoms with Crippen molar-refractivity contribution in [2.24, 2.45) is 0 Å². The molecule has 0 saturated heterocycles. The minimum Gasteiger partial charge on any atom is -0.322 e. The summed E-state index contributed by atoms with van der Waals surface area (Å²) in [5.74, 6) is 0. The minimum absolute atomic E-state index is 0.233. The van der Waals surface area contributed by atoms with Crippen molar-refractivity contribution in [1.29, 1.82) is 0 Å². The molecular weight excluding hydrogens is 288 g/mol. The lowest BCUT2D eigenvalue weighted by Gasteiger charge is -2.16. The van der Waals surface area contributed by atoms with Crippen LogP contribution in [-0.4, -0.2) is 33.0 Å². The van der Waals surface area contributed by atoms with Crippen molar-refractivity contribution in [1.82, 2.24) is 19.9 Å². The molecule has 0 fully saturated rings. The highest BCUT2D eigenvalue weighted by Crippen LogP contribution is 2.14. The summed E-state index contributed by atoms with van der Waals surface area (Å²) in [7, 11) is 1.72. The van der Waals surface area contributed by atoms with Crippen molar-refractivity contribution in [3.8, 4) is 0 Å². The maximum Gasteiger partial charge on any atom is 0.346 e. The molecular formula is C15H13ClN4O. The highest BCUT2D eigenvalue weighted by Gasteiger charge is 2.16. The molecule has 3 aromatic rings. The number of aromatic nitrogens is 3. The first-order valence-electron chi connectivity index (χ1n) is 6.45. The van der Waals surface area contributed by atoms with Crippen LogP contribution in [0.25, 0.3) is 11.0 Å². The van der Waals surface area contributed by atoms with Crippen LogP contribution in [0.5, 0.6) is 0 Å². The molecule has 0 N–H and O–H groups in total. The van der Waals surface area contributed by atoms with Gasteiger partial charge in [0, 0.05) is 18.6 Å². The molecule has 0 unspecified atom stereocenters. The van der Waals surface area contributed by atoms with Gasteiger partial charge in [0.1, 0.15) is 5.52 Å². The van der Waals surface area contributed by atoms with E-state index in [1.54, 1.807) is 18.0 Å². The van der Waals surface area contributed by atoms with E-state index in [9.17, 15) is 4.79 Å². The minimum atomic E-state index is -0.233. The Balaban J connectivity index is 1.84. The van der Waals surface area contributed by atoms with Gasteiger partial charge in [-0.25, -0.2) is 4.79 Å². The number of rotatable bonds is 2. The van der Waals surface area contributed by atoms with Crippen LogP contribution in [0.15, 0.2) is 48.5 Å². The van der Waals surface area contributed by atoms with Crippen LogP contribution in [0.3, 0.4) is 0 Å². The zero-order chi connectivity index (χ0) is 14.8. The summed E-state index contributed by atoms with van der Waals surface area (Å²) in [4.78, 5) is 14.0. The van der Waals surface area contributed by atoms with Crippen LogP contribution in [0, 0.1) is 0 Å². The molecule has 3 rings (SSSR count). The Kier molecular flexibility index (Phi) is 3.58. The predicted molar refractivity (Wildman–Crippen MR) is 81.2 cm³/mol. The van der Waals surface area contributed by atoms with Gasteiger partial charge in [0.2, 0.25) is 0 Å². The molecule has 5 nitrogen and oxygen atoms in total. The molecule has 0 spiro atoms. The van der Waals surface area contributed by atoms with Crippen molar-refractivity contribution in [2.45, 2.75) is 6.54 Å². The lowest BCUT2D eigenvalue weighted by molar-refractivity contribution is 0.206. The van der Waals surface area contributed by atoms with Crippen molar-refractivity contribution in [3.63, 3.8) is 0 Å². The smallest absolute Gasteiger partial charge is 0.322 e. The summed E-state index contributed by atoms with van der Waals surface area (Å²) in [6.07, 6.45) is 0. The van der Waals surface area contributed by atoms with Gasteiger partial charge in [-0.3, -0.25) is 0 Å². The van der Waals surface area contributed by atoms with Crippen LogP contribution >= 0.6 is 11.6 Å². The second-order valence-electron chi connectivity index (χ2n) is 4.76. The van der Waals surface area contributed by atoms with Crippen LogP contribution in [0.1, 0.15) is 5.56 Å². The Labute approximate surface area is 126 Å². The number of para-hydroxylation sites is 1. The molecule has 0 atom stereocenters. The molecule has 6 heteroatoms. The molecule has 0 aliphatic carbocycles. The van der Waals surface area contributed by atoms with E-state index in [-0.39, 0.29) is 6.03 Å². The van der Waals surface area contributed by atoms with Crippen molar-refractivity contribution < 1.29 is 4.79 Å². The molecule has 0 radical (unpaired) electrons. The van der Waals surface area contributed by atoms with Crippen molar-refractivity contribution >= 4 is 28.7 Å². The summed E-state index contributed by atoms with van der Waals surface area (Å²) in [6, 6.07) is 14.6. The Hall–Kier alpha value is -2.40. The molecule has 2 aromatic carbocycles. The first kappa shape index (κ1) is 13.6. The average Bonchev–Trinajstić information content (AvgIpc) is 2.90. The van der Waals surface area contributed by atoms with E-state index in [0.717, 1.165) is 5.56 Å². The first-order chi connectivity index (χ1) is 10.1. The Morgan fingerprint density at radius 3 is 2.86 bits per heavy atom. The van der Waals surface area contributed by atoms with Gasteiger partial charge in [0.25, 0.3) is 0 Å². The van der Waals surface area contributed by atoms with Crippen molar-refractivity contribution in [3.05, 3.63) is 59.1 Å². The van der Waals surface area contributed by atoms with Crippen LogP contribution < -0.4 is 0 Å². The average molecular weight is 301 g/mol. The zero-order valence-corrected chi connectivity index (χ0v) is 12.2. The number of fused-ring (bicyclic) bond motifs is 1. The second kappa shape index (κ2) is 5.54. The molecule has 0 saturated carbocycles. The van der Waals surface area contributed by atoms with Crippen molar-refractivity contribution in [2.75, 3.05) is 7.05 Å². The third kappa shape index (κ3) is 2.73.